The topological polar surface area (TPSA) is 162 Å². The predicted molar refractivity (Wildman–Crippen MR) is 187 cm³/mol. The Labute approximate surface area is 300 Å². The van der Waals surface area contributed by atoms with E-state index in [1.807, 2.05) is 0 Å². The molecule has 12 nitrogen and oxygen atoms in total. The third-order valence-electron chi connectivity index (χ3n) is 14.3. The Kier molecular flexibility index (Phi) is 9.07. The lowest BCUT2D eigenvalue weighted by Crippen LogP contribution is -2.42. The number of carbonyl (C=O) groups excluding carboxylic acids is 1. The minimum absolute atomic E-state index is 0.00724. The maximum atomic E-state index is 12.1. The van der Waals surface area contributed by atoms with Gasteiger partial charge in [0, 0.05) is 25.6 Å². The van der Waals surface area contributed by atoms with Crippen molar-refractivity contribution >= 4 is 5.91 Å². The van der Waals surface area contributed by atoms with Crippen molar-refractivity contribution in [2.45, 2.75) is 147 Å². The van der Waals surface area contributed by atoms with Crippen LogP contribution >= 0.6 is 0 Å². The Morgan fingerprint density at radius 3 is 2.69 bits per heavy atom. The maximum Gasteiger partial charge on any atom is 0.217 e. The van der Waals surface area contributed by atoms with Gasteiger partial charge >= 0.3 is 0 Å². The van der Waals surface area contributed by atoms with E-state index >= 15 is 0 Å². The van der Waals surface area contributed by atoms with Crippen molar-refractivity contribution in [1.29, 1.82) is 0 Å². The molecule has 4 aliphatic carbocycles. The van der Waals surface area contributed by atoms with Gasteiger partial charge in [0.05, 0.1) is 43.7 Å². The number of hydrogen-bond donors (Lipinski definition) is 5. The summed E-state index contributed by atoms with van der Waals surface area (Å²) in [5.41, 5.74) is 7.68. The highest BCUT2D eigenvalue weighted by Gasteiger charge is 2.58. The number of aromatic nitrogens is 3. The maximum absolute atomic E-state index is 12.1. The van der Waals surface area contributed by atoms with Gasteiger partial charge in [0.1, 0.15) is 23.5 Å². The molecule has 7 aliphatic rings. The van der Waals surface area contributed by atoms with Gasteiger partial charge in [-0.25, -0.2) is 4.68 Å². The number of aliphatic hydroxyl groups is 4. The Morgan fingerprint density at radius 2 is 1.92 bits per heavy atom. The van der Waals surface area contributed by atoms with E-state index in [0.29, 0.717) is 30.2 Å². The van der Waals surface area contributed by atoms with Crippen molar-refractivity contribution in [1.82, 2.24) is 25.2 Å². The molecule has 51 heavy (non-hydrogen) atoms. The fraction of sp³-hybridized carbons (Fsp3) is 0.769. The summed E-state index contributed by atoms with van der Waals surface area (Å²) in [6, 6.07) is -0.689. The molecule has 280 valence electrons. The van der Waals surface area contributed by atoms with E-state index in [1.165, 1.54) is 34.0 Å². The SMILES string of the molecule is CC(=O)NC1CC(O)C(O)C(CO)OC1n1cc(CN2CC(C)CC3OC4(CCC5C(=C4C)CC4C5CC=C5CC(O)CCC54C)C(C)=C32)nn1. The fourth-order valence-electron chi connectivity index (χ4n) is 11.7. The number of fused-ring (bicyclic) bond motifs is 6. The smallest absolute Gasteiger partial charge is 0.217 e. The monoisotopic (exact) mass is 707 g/mol. The third-order valence-corrected chi connectivity index (χ3v) is 14.3. The van der Waals surface area contributed by atoms with Crippen LogP contribution in [0.5, 0.6) is 0 Å². The highest BCUT2D eigenvalue weighted by Crippen LogP contribution is 2.65. The van der Waals surface area contributed by atoms with Crippen molar-refractivity contribution in [2.24, 2.45) is 29.1 Å². The molecule has 1 aromatic rings. The largest absolute Gasteiger partial charge is 0.394 e. The quantitative estimate of drug-likeness (QED) is 0.287. The number of likely N-dealkylation sites (tertiary alicyclic amines) is 1. The molecule has 8 rings (SSSR count). The third kappa shape index (κ3) is 5.74. The first-order valence-corrected chi connectivity index (χ1v) is 19.3. The molecule has 4 fully saturated rings. The second-order valence-corrected chi connectivity index (χ2v) is 17.3. The van der Waals surface area contributed by atoms with E-state index < -0.39 is 37.2 Å². The number of ether oxygens (including phenoxy) is 2. The highest BCUT2D eigenvalue weighted by molar-refractivity contribution is 5.73. The summed E-state index contributed by atoms with van der Waals surface area (Å²) in [6.45, 7) is 11.7. The molecule has 13 unspecified atom stereocenters. The molecule has 2 saturated heterocycles. The second-order valence-electron chi connectivity index (χ2n) is 17.3. The van der Waals surface area contributed by atoms with E-state index in [2.05, 4.69) is 54.3 Å². The summed E-state index contributed by atoms with van der Waals surface area (Å²) >= 11 is 0. The molecule has 4 heterocycles. The molecule has 0 radical (unpaired) electrons. The van der Waals surface area contributed by atoms with Gasteiger partial charge in [-0.3, -0.25) is 4.79 Å². The number of nitrogens with one attached hydrogen (secondary N) is 1. The van der Waals surface area contributed by atoms with Gasteiger partial charge in [-0.2, -0.15) is 0 Å². The van der Waals surface area contributed by atoms with Gasteiger partial charge in [-0.1, -0.05) is 36.3 Å². The van der Waals surface area contributed by atoms with Crippen molar-refractivity contribution in [3.63, 3.8) is 0 Å². The molecule has 0 aromatic carbocycles. The average Bonchev–Trinajstić information content (AvgIpc) is 3.76. The molecule has 2 saturated carbocycles. The minimum Gasteiger partial charge on any atom is -0.394 e. The zero-order valence-electron chi connectivity index (χ0n) is 30.8. The van der Waals surface area contributed by atoms with Crippen LogP contribution in [0.1, 0.15) is 104 Å². The number of carbonyl (C=O) groups is 1. The van der Waals surface area contributed by atoms with Crippen LogP contribution in [0.15, 0.2) is 40.3 Å². The second kappa shape index (κ2) is 13.1. The lowest BCUT2D eigenvalue weighted by Gasteiger charge is -2.49. The van der Waals surface area contributed by atoms with Crippen LogP contribution in [0.25, 0.3) is 0 Å². The molecule has 13 atom stereocenters. The summed E-state index contributed by atoms with van der Waals surface area (Å²) in [5.74, 6) is 2.03. The molecule has 12 heteroatoms. The summed E-state index contributed by atoms with van der Waals surface area (Å²) in [4.78, 5) is 14.5. The van der Waals surface area contributed by atoms with E-state index in [1.54, 1.807) is 11.8 Å². The van der Waals surface area contributed by atoms with E-state index in [0.717, 1.165) is 63.6 Å². The number of allylic oxidation sites excluding steroid dienone is 2. The predicted octanol–water partition coefficient (Wildman–Crippen LogP) is 3.28. The number of rotatable bonds is 5. The first kappa shape index (κ1) is 35.4. The van der Waals surface area contributed by atoms with Gasteiger partial charge in [-0.05, 0) is 105 Å². The summed E-state index contributed by atoms with van der Waals surface area (Å²) in [6.07, 6.45) is 7.93. The Balaban J connectivity index is 1.07. The first-order valence-electron chi connectivity index (χ1n) is 19.3. The Bertz CT molecular complexity index is 1640. The Hall–Kier alpha value is -2.61. The minimum atomic E-state index is -1.31. The molecule has 0 bridgehead atoms. The van der Waals surface area contributed by atoms with Crippen molar-refractivity contribution < 1.29 is 34.7 Å². The summed E-state index contributed by atoms with van der Waals surface area (Å²) in [5, 5.41) is 53.3. The van der Waals surface area contributed by atoms with Crippen LogP contribution in [0.4, 0.5) is 0 Å². The Morgan fingerprint density at radius 1 is 1.12 bits per heavy atom. The highest BCUT2D eigenvalue weighted by atomic mass is 16.5. The van der Waals surface area contributed by atoms with E-state index in [-0.39, 0.29) is 35.6 Å². The van der Waals surface area contributed by atoms with Crippen LogP contribution < -0.4 is 5.32 Å². The lowest BCUT2D eigenvalue weighted by atomic mass is 9.56. The van der Waals surface area contributed by atoms with Crippen LogP contribution in [0, 0.1) is 29.1 Å². The van der Waals surface area contributed by atoms with Gasteiger partial charge in [-0.15, -0.1) is 5.10 Å². The van der Waals surface area contributed by atoms with Crippen molar-refractivity contribution in [3.05, 3.63) is 46.0 Å². The molecule has 1 amide bonds. The van der Waals surface area contributed by atoms with Crippen LogP contribution in [-0.4, -0.2) is 102 Å². The normalized spacial score (nSPS) is 43.7. The van der Waals surface area contributed by atoms with E-state index in [4.69, 9.17) is 9.47 Å². The number of piperidine rings is 1. The standard InChI is InChI=1S/C39H57N5O7/c1-20-12-33-35(43(16-20)17-25-18-44(42-41-25)37-31(40-23(4)46)15-32(48)36(49)34(19-45)50-37)22(3)39(51-33)11-9-27-28-7-6-24-13-26(47)8-10-38(24,5)30(28)14-29(27)21(39)2/h6,18,20,26-28,30-34,36-37,45,47-49H,7-17,19H2,1-5H3,(H,40,46). The van der Waals surface area contributed by atoms with Crippen LogP contribution in [-0.2, 0) is 20.8 Å². The zero-order valence-corrected chi connectivity index (χ0v) is 30.8. The molecule has 1 aromatic heterocycles. The van der Waals surface area contributed by atoms with Gasteiger partial charge in [0.2, 0.25) is 5.91 Å². The van der Waals surface area contributed by atoms with Crippen LogP contribution in [0.3, 0.4) is 0 Å². The summed E-state index contributed by atoms with van der Waals surface area (Å²) in [7, 11) is 0. The van der Waals surface area contributed by atoms with Crippen molar-refractivity contribution in [2.75, 3.05) is 13.2 Å². The molecule has 3 aliphatic heterocycles. The van der Waals surface area contributed by atoms with Gasteiger partial charge in [0.25, 0.3) is 0 Å². The number of amides is 1. The molecule has 5 N–H and O–H groups in total. The lowest BCUT2D eigenvalue weighted by molar-refractivity contribution is -0.139. The summed E-state index contributed by atoms with van der Waals surface area (Å²) < 4.78 is 14.9. The molecular weight excluding hydrogens is 650 g/mol. The number of aliphatic hydroxyl groups excluding tert-OH is 4. The fourth-order valence-corrected chi connectivity index (χ4v) is 11.7. The van der Waals surface area contributed by atoms with E-state index in [9.17, 15) is 25.2 Å². The number of nitrogens with zero attached hydrogens (tertiary/aromatic N) is 4. The van der Waals surface area contributed by atoms with Crippen LogP contribution in [0.2, 0.25) is 0 Å². The first-order chi connectivity index (χ1) is 24.3. The molecular formula is C39H57N5O7. The zero-order chi connectivity index (χ0) is 36.0. The average molecular weight is 708 g/mol. The molecule has 1 spiro atoms. The van der Waals surface area contributed by atoms with Gasteiger partial charge < -0.3 is 40.1 Å². The number of hydrogen-bond acceptors (Lipinski definition) is 10. The van der Waals surface area contributed by atoms with Gasteiger partial charge in [0.15, 0.2) is 6.23 Å². The van der Waals surface area contributed by atoms with Crippen molar-refractivity contribution in [3.8, 4) is 0 Å².